The molecular weight excluding hydrogens is 338 g/mol. The van der Waals surface area contributed by atoms with Crippen LogP contribution in [0, 0.1) is 0 Å². The molecule has 1 heterocycles. The van der Waals surface area contributed by atoms with Crippen molar-refractivity contribution in [1.82, 2.24) is 4.98 Å². The topological polar surface area (TPSA) is 46.0 Å². The predicted octanol–water partition coefficient (Wildman–Crippen LogP) is 4.33. The highest BCUT2D eigenvalue weighted by molar-refractivity contribution is 9.09. The Morgan fingerprint density at radius 1 is 1.15 bits per heavy atom. The highest BCUT2D eigenvalue weighted by Gasteiger charge is 2.12. The van der Waals surface area contributed by atoms with Crippen molar-refractivity contribution in [2.24, 2.45) is 0 Å². The van der Waals surface area contributed by atoms with Crippen molar-refractivity contribution in [3.63, 3.8) is 0 Å². The van der Waals surface area contributed by atoms with E-state index in [4.69, 9.17) is 4.42 Å². The molecule has 0 bridgehead atoms. The summed E-state index contributed by atoms with van der Waals surface area (Å²) in [5.74, 6) is -0.424. The third kappa shape index (κ3) is 2.55. The van der Waals surface area contributed by atoms with E-state index < -0.39 is 5.76 Å². The minimum atomic E-state index is -0.424. The SMILES string of the molecule is CSc1ccc(C(Br)c2ccc3[nH]c(=O)oc3c2)cc1. The summed E-state index contributed by atoms with van der Waals surface area (Å²) in [6.07, 6.45) is 2.06. The molecule has 0 saturated heterocycles. The van der Waals surface area contributed by atoms with Crippen LogP contribution >= 0.6 is 27.7 Å². The van der Waals surface area contributed by atoms with E-state index in [2.05, 4.69) is 51.4 Å². The van der Waals surface area contributed by atoms with Crippen LogP contribution in [0.5, 0.6) is 0 Å². The molecule has 0 aliphatic heterocycles. The Balaban J connectivity index is 1.97. The fourth-order valence-electron chi connectivity index (χ4n) is 2.08. The lowest BCUT2D eigenvalue weighted by molar-refractivity contribution is 0.555. The summed E-state index contributed by atoms with van der Waals surface area (Å²) in [5.41, 5.74) is 3.52. The molecule has 0 saturated carbocycles. The van der Waals surface area contributed by atoms with Gasteiger partial charge >= 0.3 is 5.76 Å². The molecule has 3 rings (SSSR count). The number of rotatable bonds is 3. The number of hydrogen-bond acceptors (Lipinski definition) is 3. The van der Waals surface area contributed by atoms with Gasteiger partial charge in [-0.05, 0) is 41.6 Å². The van der Waals surface area contributed by atoms with Gasteiger partial charge in [-0.3, -0.25) is 4.98 Å². The van der Waals surface area contributed by atoms with Crippen LogP contribution in [0.25, 0.3) is 11.1 Å². The van der Waals surface area contributed by atoms with Crippen LogP contribution in [0.2, 0.25) is 0 Å². The van der Waals surface area contributed by atoms with Crippen molar-refractivity contribution >= 4 is 38.8 Å². The third-order valence-electron chi connectivity index (χ3n) is 3.15. The zero-order valence-corrected chi connectivity index (χ0v) is 13.1. The molecule has 20 heavy (non-hydrogen) atoms. The molecule has 1 aromatic heterocycles. The number of halogens is 1. The van der Waals surface area contributed by atoms with Gasteiger partial charge in [0.2, 0.25) is 0 Å². The van der Waals surface area contributed by atoms with E-state index in [-0.39, 0.29) is 4.83 Å². The smallest absolute Gasteiger partial charge is 0.408 e. The first-order chi connectivity index (χ1) is 9.67. The molecule has 3 aromatic rings. The van der Waals surface area contributed by atoms with Gasteiger partial charge < -0.3 is 4.42 Å². The molecule has 1 N–H and O–H groups in total. The number of nitrogens with one attached hydrogen (secondary N) is 1. The number of fused-ring (bicyclic) bond motifs is 1. The van der Waals surface area contributed by atoms with Crippen LogP contribution in [0.1, 0.15) is 16.0 Å². The second-order valence-corrected chi connectivity index (χ2v) is 6.20. The van der Waals surface area contributed by atoms with Crippen LogP contribution in [0.4, 0.5) is 0 Å². The monoisotopic (exact) mass is 349 g/mol. The minimum absolute atomic E-state index is 0.0722. The zero-order valence-electron chi connectivity index (χ0n) is 10.7. The maximum absolute atomic E-state index is 11.2. The average Bonchev–Trinajstić information content (AvgIpc) is 2.85. The number of aromatic amines is 1. The molecule has 3 nitrogen and oxygen atoms in total. The Kier molecular flexibility index (Phi) is 3.72. The number of H-pyrrole nitrogens is 1. The lowest BCUT2D eigenvalue weighted by Gasteiger charge is -2.11. The first kappa shape index (κ1) is 13.5. The van der Waals surface area contributed by atoms with Gasteiger partial charge in [-0.25, -0.2) is 4.79 Å². The summed E-state index contributed by atoms with van der Waals surface area (Å²) < 4.78 is 5.10. The van der Waals surface area contributed by atoms with E-state index in [1.165, 1.54) is 10.5 Å². The van der Waals surface area contributed by atoms with Gasteiger partial charge in [-0.15, -0.1) is 11.8 Å². The lowest BCUT2D eigenvalue weighted by atomic mass is 10.0. The van der Waals surface area contributed by atoms with Gasteiger partial charge in [0, 0.05) is 4.90 Å². The zero-order chi connectivity index (χ0) is 14.1. The molecule has 0 aliphatic carbocycles. The van der Waals surface area contributed by atoms with Crippen molar-refractivity contribution in [2.45, 2.75) is 9.72 Å². The van der Waals surface area contributed by atoms with Crippen molar-refractivity contribution in [2.75, 3.05) is 6.26 Å². The highest BCUT2D eigenvalue weighted by Crippen LogP contribution is 2.32. The number of alkyl halides is 1. The predicted molar refractivity (Wildman–Crippen MR) is 85.8 cm³/mol. The maximum Gasteiger partial charge on any atom is 0.417 e. The second-order valence-electron chi connectivity index (χ2n) is 4.41. The highest BCUT2D eigenvalue weighted by atomic mass is 79.9. The molecule has 5 heteroatoms. The van der Waals surface area contributed by atoms with Crippen molar-refractivity contribution in [3.05, 3.63) is 64.1 Å². The molecule has 1 unspecified atom stereocenters. The van der Waals surface area contributed by atoms with Crippen molar-refractivity contribution in [3.8, 4) is 0 Å². The van der Waals surface area contributed by atoms with Gasteiger partial charge in [0.1, 0.15) is 0 Å². The van der Waals surface area contributed by atoms with Crippen molar-refractivity contribution in [1.29, 1.82) is 0 Å². The Morgan fingerprint density at radius 2 is 1.85 bits per heavy atom. The summed E-state index contributed by atoms with van der Waals surface area (Å²) >= 11 is 5.42. The molecule has 0 spiro atoms. The van der Waals surface area contributed by atoms with Gasteiger partial charge in [0.25, 0.3) is 0 Å². The first-order valence-electron chi connectivity index (χ1n) is 6.08. The molecule has 102 valence electrons. The molecule has 0 amide bonds. The summed E-state index contributed by atoms with van der Waals surface area (Å²) in [5, 5.41) is 0. The van der Waals surface area contributed by atoms with E-state index in [0.29, 0.717) is 5.58 Å². The van der Waals surface area contributed by atoms with Crippen LogP contribution in [0.3, 0.4) is 0 Å². The molecule has 0 aliphatic rings. The Bertz CT molecular complexity index is 791. The minimum Gasteiger partial charge on any atom is -0.408 e. The Morgan fingerprint density at radius 3 is 2.55 bits per heavy atom. The first-order valence-corrected chi connectivity index (χ1v) is 8.22. The number of aromatic nitrogens is 1. The number of hydrogen-bond donors (Lipinski definition) is 1. The lowest BCUT2D eigenvalue weighted by Crippen LogP contribution is -1.92. The molecule has 2 aromatic carbocycles. The van der Waals surface area contributed by atoms with Gasteiger partial charge in [0.15, 0.2) is 5.58 Å². The number of benzene rings is 2. The van der Waals surface area contributed by atoms with Gasteiger partial charge in [-0.1, -0.05) is 34.1 Å². The van der Waals surface area contributed by atoms with Gasteiger partial charge in [0.05, 0.1) is 10.3 Å². The van der Waals surface area contributed by atoms with Crippen LogP contribution in [0.15, 0.2) is 56.6 Å². The number of oxazole rings is 1. The molecular formula is C15H12BrNO2S. The maximum atomic E-state index is 11.2. The molecule has 1 atom stereocenters. The second kappa shape index (κ2) is 5.50. The summed E-state index contributed by atoms with van der Waals surface area (Å²) in [6.45, 7) is 0. The summed E-state index contributed by atoms with van der Waals surface area (Å²) in [4.78, 5) is 15.1. The fourth-order valence-corrected chi connectivity index (χ4v) is 3.08. The number of thioether (sulfide) groups is 1. The Labute approximate surface area is 128 Å². The summed E-state index contributed by atoms with van der Waals surface area (Å²) in [6, 6.07) is 14.1. The van der Waals surface area contributed by atoms with Crippen LogP contribution in [-0.2, 0) is 0 Å². The van der Waals surface area contributed by atoms with E-state index in [1.54, 1.807) is 11.8 Å². The normalized spacial score (nSPS) is 12.7. The molecule has 0 radical (unpaired) electrons. The summed E-state index contributed by atoms with van der Waals surface area (Å²) in [7, 11) is 0. The van der Waals surface area contributed by atoms with Crippen LogP contribution in [-0.4, -0.2) is 11.2 Å². The molecule has 0 fully saturated rings. The van der Waals surface area contributed by atoms with E-state index in [1.807, 2.05) is 18.2 Å². The largest absolute Gasteiger partial charge is 0.417 e. The Hall–Kier alpha value is -1.46. The van der Waals surface area contributed by atoms with Gasteiger partial charge in [-0.2, -0.15) is 0 Å². The van der Waals surface area contributed by atoms with Crippen LogP contribution < -0.4 is 5.76 Å². The van der Waals surface area contributed by atoms with E-state index in [0.717, 1.165) is 11.1 Å². The quantitative estimate of drug-likeness (QED) is 0.565. The van der Waals surface area contributed by atoms with E-state index >= 15 is 0 Å². The average molecular weight is 350 g/mol. The van der Waals surface area contributed by atoms with Crippen molar-refractivity contribution < 1.29 is 4.42 Å². The third-order valence-corrected chi connectivity index (χ3v) is 4.95. The standard InChI is InChI=1S/C15H12BrNO2S/c1-20-11-5-2-9(3-6-11)14(16)10-4-7-12-13(8-10)19-15(18)17-12/h2-8,14H,1H3,(H,17,18). The fraction of sp³-hybridized carbons (Fsp3) is 0.133. The van der Waals surface area contributed by atoms with E-state index in [9.17, 15) is 4.79 Å².